The summed E-state index contributed by atoms with van der Waals surface area (Å²) >= 11 is 0. The van der Waals surface area contributed by atoms with Crippen molar-refractivity contribution in [1.82, 2.24) is 0 Å². The van der Waals surface area contributed by atoms with Crippen LogP contribution in [0.25, 0.3) is 0 Å². The second-order valence-electron chi connectivity index (χ2n) is 5.94. The smallest absolute Gasteiger partial charge is 0.338 e. The SMILES string of the molecule is COc1ccc(NC(=O)COC(=O)c2cc(S(C)(=O)=O)ccc2C)cc1OC. The molecule has 0 spiro atoms. The van der Waals surface area contributed by atoms with E-state index in [4.69, 9.17) is 14.2 Å². The quantitative estimate of drug-likeness (QED) is 0.701. The number of carbonyl (C=O) groups is 2. The molecule has 150 valence electrons. The number of amides is 1. The van der Waals surface area contributed by atoms with Crippen molar-refractivity contribution in [3.63, 3.8) is 0 Å². The minimum Gasteiger partial charge on any atom is -0.493 e. The molecule has 2 aromatic rings. The molecule has 0 aromatic heterocycles. The maximum absolute atomic E-state index is 12.3. The van der Waals surface area contributed by atoms with Gasteiger partial charge in [-0.2, -0.15) is 0 Å². The number of carbonyl (C=O) groups excluding carboxylic acids is 2. The molecule has 0 aliphatic rings. The van der Waals surface area contributed by atoms with E-state index in [2.05, 4.69) is 5.32 Å². The molecular weight excluding hydrogens is 386 g/mol. The Balaban J connectivity index is 2.04. The Bertz CT molecular complexity index is 999. The predicted molar refractivity (Wildman–Crippen MR) is 103 cm³/mol. The van der Waals surface area contributed by atoms with Crippen molar-refractivity contribution in [2.45, 2.75) is 11.8 Å². The summed E-state index contributed by atoms with van der Waals surface area (Å²) < 4.78 is 38.6. The molecule has 0 fully saturated rings. The summed E-state index contributed by atoms with van der Waals surface area (Å²) in [5.74, 6) is -0.401. The van der Waals surface area contributed by atoms with Crippen molar-refractivity contribution in [2.75, 3.05) is 32.4 Å². The molecule has 1 N–H and O–H groups in total. The molecule has 1 amide bonds. The van der Waals surface area contributed by atoms with Gasteiger partial charge in [-0.25, -0.2) is 13.2 Å². The number of rotatable bonds is 7. The molecule has 0 saturated carbocycles. The lowest BCUT2D eigenvalue weighted by molar-refractivity contribution is -0.119. The highest BCUT2D eigenvalue weighted by Gasteiger charge is 2.17. The topological polar surface area (TPSA) is 108 Å². The van der Waals surface area contributed by atoms with Gasteiger partial charge in [-0.1, -0.05) is 6.07 Å². The minimum atomic E-state index is -3.47. The second-order valence-corrected chi connectivity index (χ2v) is 7.96. The minimum absolute atomic E-state index is 0.000158. The average Bonchev–Trinajstić information content (AvgIpc) is 2.65. The van der Waals surface area contributed by atoms with Crippen LogP contribution in [0.2, 0.25) is 0 Å². The molecule has 9 heteroatoms. The molecule has 0 radical (unpaired) electrons. The van der Waals surface area contributed by atoms with E-state index in [1.54, 1.807) is 25.1 Å². The first-order valence-electron chi connectivity index (χ1n) is 8.15. The molecule has 0 aliphatic heterocycles. The summed E-state index contributed by atoms with van der Waals surface area (Å²) in [6.45, 7) is 1.11. The Kier molecular flexibility index (Phi) is 6.63. The number of aryl methyl sites for hydroxylation is 1. The molecule has 0 aliphatic carbocycles. The van der Waals surface area contributed by atoms with E-state index < -0.39 is 28.3 Å². The third-order valence-electron chi connectivity index (χ3n) is 3.86. The van der Waals surface area contributed by atoms with Crippen LogP contribution in [0.15, 0.2) is 41.3 Å². The van der Waals surface area contributed by atoms with Crippen molar-refractivity contribution < 1.29 is 32.2 Å². The highest BCUT2D eigenvalue weighted by atomic mass is 32.2. The lowest BCUT2D eigenvalue weighted by Crippen LogP contribution is -2.21. The number of sulfone groups is 1. The average molecular weight is 407 g/mol. The molecule has 0 heterocycles. The molecule has 0 unspecified atom stereocenters. The number of ether oxygens (including phenoxy) is 3. The van der Waals surface area contributed by atoms with E-state index in [0.29, 0.717) is 22.7 Å². The monoisotopic (exact) mass is 407 g/mol. The molecule has 28 heavy (non-hydrogen) atoms. The lowest BCUT2D eigenvalue weighted by Gasteiger charge is -2.11. The zero-order valence-corrected chi connectivity index (χ0v) is 16.8. The normalized spacial score (nSPS) is 10.9. The van der Waals surface area contributed by atoms with Crippen molar-refractivity contribution in [1.29, 1.82) is 0 Å². The van der Waals surface area contributed by atoms with Crippen LogP contribution in [0.4, 0.5) is 5.69 Å². The highest BCUT2D eigenvalue weighted by Crippen LogP contribution is 2.29. The van der Waals surface area contributed by atoms with Crippen molar-refractivity contribution in [3.8, 4) is 11.5 Å². The number of nitrogens with one attached hydrogen (secondary N) is 1. The first kappa shape index (κ1) is 21.2. The highest BCUT2D eigenvalue weighted by molar-refractivity contribution is 7.90. The number of hydrogen-bond acceptors (Lipinski definition) is 7. The molecule has 0 saturated heterocycles. The summed E-state index contributed by atoms with van der Waals surface area (Å²) in [4.78, 5) is 24.3. The summed E-state index contributed by atoms with van der Waals surface area (Å²) in [5.41, 5.74) is 1.06. The van der Waals surface area contributed by atoms with Crippen LogP contribution in [0.3, 0.4) is 0 Å². The van der Waals surface area contributed by atoms with Crippen LogP contribution in [0, 0.1) is 6.92 Å². The van der Waals surface area contributed by atoms with Gasteiger partial charge in [-0.15, -0.1) is 0 Å². The van der Waals surface area contributed by atoms with E-state index in [1.165, 1.54) is 32.4 Å². The van der Waals surface area contributed by atoms with Gasteiger partial charge >= 0.3 is 5.97 Å². The fourth-order valence-electron chi connectivity index (χ4n) is 2.37. The maximum atomic E-state index is 12.3. The van der Waals surface area contributed by atoms with Crippen LogP contribution in [-0.2, 0) is 19.4 Å². The predicted octanol–water partition coefficient (Wildman–Crippen LogP) is 2.21. The van der Waals surface area contributed by atoms with E-state index >= 15 is 0 Å². The van der Waals surface area contributed by atoms with Crippen LogP contribution in [0.5, 0.6) is 11.5 Å². The van der Waals surface area contributed by atoms with Gasteiger partial charge in [0, 0.05) is 18.0 Å². The Morgan fingerprint density at radius 1 is 1.00 bits per heavy atom. The van der Waals surface area contributed by atoms with Crippen molar-refractivity contribution in [2.24, 2.45) is 0 Å². The van der Waals surface area contributed by atoms with Crippen LogP contribution < -0.4 is 14.8 Å². The number of hydrogen-bond donors (Lipinski definition) is 1. The second kappa shape index (κ2) is 8.75. The van der Waals surface area contributed by atoms with Crippen LogP contribution in [0.1, 0.15) is 15.9 Å². The van der Waals surface area contributed by atoms with Gasteiger partial charge in [-0.3, -0.25) is 4.79 Å². The first-order chi connectivity index (χ1) is 13.2. The van der Waals surface area contributed by atoms with Gasteiger partial charge in [0.25, 0.3) is 5.91 Å². The Morgan fingerprint density at radius 2 is 1.68 bits per heavy atom. The fraction of sp³-hybridized carbons (Fsp3) is 0.263. The van der Waals surface area contributed by atoms with E-state index in [1.807, 2.05) is 0 Å². The largest absolute Gasteiger partial charge is 0.493 e. The number of methoxy groups -OCH3 is 2. The van der Waals surface area contributed by atoms with Crippen LogP contribution in [-0.4, -0.2) is 47.4 Å². The maximum Gasteiger partial charge on any atom is 0.338 e. The molecule has 0 bridgehead atoms. The van der Waals surface area contributed by atoms with Crippen molar-refractivity contribution >= 4 is 27.4 Å². The third-order valence-corrected chi connectivity index (χ3v) is 4.97. The van der Waals surface area contributed by atoms with Crippen LogP contribution >= 0.6 is 0 Å². The van der Waals surface area contributed by atoms with Gasteiger partial charge in [-0.05, 0) is 36.8 Å². The van der Waals surface area contributed by atoms with E-state index in [9.17, 15) is 18.0 Å². The van der Waals surface area contributed by atoms with Gasteiger partial charge in [0.05, 0.1) is 24.7 Å². The number of benzene rings is 2. The zero-order valence-electron chi connectivity index (χ0n) is 15.9. The molecule has 2 rings (SSSR count). The Labute approximate surface area is 163 Å². The third kappa shape index (κ3) is 5.23. The number of anilines is 1. The fourth-order valence-corrected chi connectivity index (χ4v) is 3.02. The van der Waals surface area contributed by atoms with Gasteiger partial charge in [0.2, 0.25) is 0 Å². The van der Waals surface area contributed by atoms with Gasteiger partial charge in [0.15, 0.2) is 27.9 Å². The Morgan fingerprint density at radius 3 is 2.29 bits per heavy atom. The summed E-state index contributed by atoms with van der Waals surface area (Å²) in [7, 11) is -0.502. The molecular formula is C19H21NO7S. The summed E-state index contributed by atoms with van der Waals surface area (Å²) in [6.07, 6.45) is 1.04. The van der Waals surface area contributed by atoms with E-state index in [0.717, 1.165) is 6.26 Å². The van der Waals surface area contributed by atoms with Gasteiger partial charge < -0.3 is 19.5 Å². The van der Waals surface area contributed by atoms with E-state index in [-0.39, 0.29) is 10.5 Å². The summed E-state index contributed by atoms with van der Waals surface area (Å²) in [6, 6.07) is 8.96. The molecule has 2 aromatic carbocycles. The molecule has 8 nitrogen and oxygen atoms in total. The Hall–Kier alpha value is -3.07. The van der Waals surface area contributed by atoms with Gasteiger partial charge in [0.1, 0.15) is 0 Å². The standard InChI is InChI=1S/C19H21NO7S/c1-12-5-7-14(28(4,23)24)10-15(12)19(22)27-11-18(21)20-13-6-8-16(25-2)17(9-13)26-3/h5-10H,11H2,1-4H3,(H,20,21). The zero-order chi connectivity index (χ0) is 20.9. The first-order valence-corrected chi connectivity index (χ1v) is 10.0. The lowest BCUT2D eigenvalue weighted by atomic mass is 10.1. The summed E-state index contributed by atoms with van der Waals surface area (Å²) in [5, 5.41) is 2.58. The molecule has 0 atom stereocenters. The van der Waals surface area contributed by atoms with Crippen molar-refractivity contribution in [3.05, 3.63) is 47.5 Å². The number of esters is 1.